The lowest BCUT2D eigenvalue weighted by molar-refractivity contribution is -0.115. The Morgan fingerprint density at radius 2 is 2.00 bits per heavy atom. The minimum Gasteiger partial charge on any atom is -0.477 e. The van der Waals surface area contributed by atoms with E-state index in [0.29, 0.717) is 5.69 Å². The number of carbonyl (C=O) groups is 2. The van der Waals surface area contributed by atoms with Crippen molar-refractivity contribution in [3.05, 3.63) is 41.6 Å². The van der Waals surface area contributed by atoms with Gasteiger partial charge in [0.1, 0.15) is 11.4 Å². The molecule has 1 heterocycles. The second-order valence-electron chi connectivity index (χ2n) is 4.30. The predicted molar refractivity (Wildman–Crippen MR) is 73.4 cm³/mol. The van der Waals surface area contributed by atoms with Crippen molar-refractivity contribution >= 4 is 23.4 Å². The van der Waals surface area contributed by atoms with Gasteiger partial charge in [-0.3, -0.25) is 9.48 Å². The smallest absolute Gasteiger partial charge is 0.341 e. The summed E-state index contributed by atoms with van der Waals surface area (Å²) in [6.45, 7) is 0. The number of carboxylic acids is 1. The fourth-order valence-corrected chi connectivity index (χ4v) is 1.74. The number of aromatic carboxylic acids is 1. The number of hydrogen-bond donors (Lipinski definition) is 3. The molecule has 1 amide bonds. The third-order valence-electron chi connectivity index (χ3n) is 2.77. The first-order valence-corrected chi connectivity index (χ1v) is 5.87. The van der Waals surface area contributed by atoms with E-state index in [4.69, 9.17) is 10.8 Å². The van der Waals surface area contributed by atoms with E-state index in [1.54, 1.807) is 31.3 Å². The Morgan fingerprint density at radius 1 is 1.35 bits per heavy atom. The van der Waals surface area contributed by atoms with Crippen molar-refractivity contribution in [1.29, 1.82) is 0 Å². The number of nitrogens with two attached hydrogens (primary N) is 1. The Labute approximate surface area is 115 Å². The van der Waals surface area contributed by atoms with E-state index in [1.807, 2.05) is 0 Å². The molecule has 0 aliphatic carbocycles. The van der Waals surface area contributed by atoms with Crippen molar-refractivity contribution in [2.75, 3.05) is 11.1 Å². The lowest BCUT2D eigenvalue weighted by Crippen LogP contribution is -2.18. The Bertz CT molecular complexity index is 646. The van der Waals surface area contributed by atoms with E-state index in [1.165, 1.54) is 10.9 Å². The molecular weight excluding hydrogens is 260 g/mol. The van der Waals surface area contributed by atoms with Crippen LogP contribution in [-0.4, -0.2) is 26.8 Å². The number of aryl methyl sites for hydroxylation is 1. The quantitative estimate of drug-likeness (QED) is 0.717. The largest absolute Gasteiger partial charge is 0.477 e. The molecule has 0 aliphatic rings. The van der Waals surface area contributed by atoms with Crippen molar-refractivity contribution in [2.24, 2.45) is 7.05 Å². The number of amides is 1. The van der Waals surface area contributed by atoms with Crippen LogP contribution in [0.4, 0.5) is 11.5 Å². The third-order valence-corrected chi connectivity index (χ3v) is 2.77. The molecule has 7 heteroatoms. The fourth-order valence-electron chi connectivity index (χ4n) is 1.74. The summed E-state index contributed by atoms with van der Waals surface area (Å²) in [7, 11) is 1.56. The highest BCUT2D eigenvalue weighted by atomic mass is 16.4. The maximum absolute atomic E-state index is 11.9. The first-order chi connectivity index (χ1) is 9.47. The van der Waals surface area contributed by atoms with Crippen molar-refractivity contribution in [2.45, 2.75) is 6.42 Å². The highest BCUT2D eigenvalue weighted by Crippen LogP contribution is 2.14. The Balaban J connectivity index is 2.10. The summed E-state index contributed by atoms with van der Waals surface area (Å²) in [6, 6.07) is 6.90. The molecule has 20 heavy (non-hydrogen) atoms. The molecule has 0 radical (unpaired) electrons. The third kappa shape index (κ3) is 2.94. The molecule has 0 saturated heterocycles. The number of anilines is 2. The van der Waals surface area contributed by atoms with Crippen LogP contribution in [0.1, 0.15) is 15.9 Å². The minimum absolute atomic E-state index is 0.0434. The van der Waals surface area contributed by atoms with Crippen LogP contribution in [0.25, 0.3) is 0 Å². The van der Waals surface area contributed by atoms with Gasteiger partial charge in [-0.1, -0.05) is 12.1 Å². The molecule has 2 rings (SSSR count). The number of nitrogens with one attached hydrogen (secondary N) is 1. The van der Waals surface area contributed by atoms with Gasteiger partial charge in [0.05, 0.1) is 12.6 Å². The first kappa shape index (κ1) is 13.6. The maximum atomic E-state index is 11.9. The molecule has 0 saturated carbocycles. The van der Waals surface area contributed by atoms with Crippen molar-refractivity contribution in [3.8, 4) is 0 Å². The van der Waals surface area contributed by atoms with Gasteiger partial charge < -0.3 is 16.2 Å². The lowest BCUT2D eigenvalue weighted by atomic mass is 10.1. The zero-order valence-corrected chi connectivity index (χ0v) is 10.8. The first-order valence-electron chi connectivity index (χ1n) is 5.87. The predicted octanol–water partition coefficient (Wildman–Crippen LogP) is 0.882. The van der Waals surface area contributed by atoms with E-state index in [2.05, 4.69) is 10.4 Å². The van der Waals surface area contributed by atoms with E-state index in [0.717, 1.165) is 5.56 Å². The van der Waals surface area contributed by atoms with Gasteiger partial charge in [0, 0.05) is 12.7 Å². The summed E-state index contributed by atoms with van der Waals surface area (Å²) in [6.07, 6.45) is 1.33. The van der Waals surface area contributed by atoms with Crippen molar-refractivity contribution in [1.82, 2.24) is 9.78 Å². The van der Waals surface area contributed by atoms with Crippen molar-refractivity contribution in [3.63, 3.8) is 0 Å². The normalized spacial score (nSPS) is 10.2. The SMILES string of the molecule is Cn1ncc(C(=O)O)c1NC(=O)Cc1ccc(N)cc1. The van der Waals surface area contributed by atoms with Crippen LogP contribution >= 0.6 is 0 Å². The topological polar surface area (TPSA) is 110 Å². The standard InChI is InChI=1S/C13H14N4O3/c1-17-12(10(7-15-17)13(19)20)16-11(18)6-8-2-4-9(14)5-3-8/h2-5,7H,6,14H2,1H3,(H,16,18)(H,19,20). The average molecular weight is 274 g/mol. The second-order valence-corrected chi connectivity index (χ2v) is 4.30. The number of rotatable bonds is 4. The van der Waals surface area contributed by atoms with Gasteiger partial charge in [-0.25, -0.2) is 4.79 Å². The summed E-state index contributed by atoms with van der Waals surface area (Å²) in [5.74, 6) is -1.29. The fraction of sp³-hybridized carbons (Fsp3) is 0.154. The zero-order valence-electron chi connectivity index (χ0n) is 10.8. The van der Waals surface area contributed by atoms with Gasteiger partial charge in [-0.2, -0.15) is 5.10 Å². The molecule has 4 N–H and O–H groups in total. The molecule has 0 spiro atoms. The van der Waals surface area contributed by atoms with Crippen molar-refractivity contribution < 1.29 is 14.7 Å². The zero-order chi connectivity index (χ0) is 14.7. The van der Waals surface area contributed by atoms with Gasteiger partial charge in [0.25, 0.3) is 0 Å². The monoisotopic (exact) mass is 274 g/mol. The molecule has 0 fully saturated rings. The van der Waals surface area contributed by atoms with Crippen LogP contribution in [0.15, 0.2) is 30.5 Å². The molecule has 0 aliphatic heterocycles. The number of hydrogen-bond acceptors (Lipinski definition) is 4. The summed E-state index contributed by atoms with van der Waals surface area (Å²) in [5, 5.41) is 15.4. The number of nitrogens with zero attached hydrogens (tertiary/aromatic N) is 2. The molecule has 1 aromatic heterocycles. The number of carbonyl (C=O) groups excluding carboxylic acids is 1. The Kier molecular flexibility index (Phi) is 3.69. The summed E-state index contributed by atoms with van der Waals surface area (Å²) in [5.41, 5.74) is 6.93. The average Bonchev–Trinajstić information content (AvgIpc) is 2.74. The van der Waals surface area contributed by atoms with Crippen LogP contribution in [0.5, 0.6) is 0 Å². The Morgan fingerprint density at radius 3 is 2.60 bits per heavy atom. The number of nitrogen functional groups attached to an aromatic ring is 1. The molecule has 104 valence electrons. The number of carboxylic acid groups (broad SMARTS) is 1. The highest BCUT2D eigenvalue weighted by molar-refractivity contribution is 5.99. The molecule has 0 bridgehead atoms. The van der Waals surface area contributed by atoms with Crippen LogP contribution < -0.4 is 11.1 Å². The molecule has 7 nitrogen and oxygen atoms in total. The van der Waals surface area contributed by atoms with E-state index in [-0.39, 0.29) is 23.7 Å². The van der Waals surface area contributed by atoms with Gasteiger partial charge in [0.15, 0.2) is 0 Å². The van der Waals surface area contributed by atoms with Crippen LogP contribution in [-0.2, 0) is 18.3 Å². The van der Waals surface area contributed by atoms with Crippen LogP contribution in [0.3, 0.4) is 0 Å². The Hall–Kier alpha value is -2.83. The van der Waals surface area contributed by atoms with Gasteiger partial charge in [0.2, 0.25) is 5.91 Å². The van der Waals surface area contributed by atoms with E-state index < -0.39 is 5.97 Å². The van der Waals surface area contributed by atoms with Gasteiger partial charge >= 0.3 is 5.97 Å². The van der Waals surface area contributed by atoms with Crippen LogP contribution in [0.2, 0.25) is 0 Å². The van der Waals surface area contributed by atoms with E-state index >= 15 is 0 Å². The summed E-state index contributed by atoms with van der Waals surface area (Å²) in [4.78, 5) is 22.9. The minimum atomic E-state index is -1.14. The molecule has 0 unspecified atom stereocenters. The van der Waals surface area contributed by atoms with Gasteiger partial charge in [-0.15, -0.1) is 0 Å². The molecule has 0 atom stereocenters. The molecular formula is C13H14N4O3. The lowest BCUT2D eigenvalue weighted by Gasteiger charge is -2.07. The molecule has 2 aromatic rings. The summed E-state index contributed by atoms with van der Waals surface area (Å²) < 4.78 is 1.31. The maximum Gasteiger partial charge on any atom is 0.341 e. The second kappa shape index (κ2) is 5.43. The van der Waals surface area contributed by atoms with Gasteiger partial charge in [-0.05, 0) is 17.7 Å². The number of aromatic nitrogens is 2. The molecule has 1 aromatic carbocycles. The van der Waals surface area contributed by atoms with E-state index in [9.17, 15) is 9.59 Å². The number of benzene rings is 1. The van der Waals surface area contributed by atoms with Crippen LogP contribution in [0, 0.1) is 0 Å². The highest BCUT2D eigenvalue weighted by Gasteiger charge is 2.17. The summed E-state index contributed by atoms with van der Waals surface area (Å²) >= 11 is 0.